The van der Waals surface area contributed by atoms with E-state index in [2.05, 4.69) is 20.4 Å². The fraction of sp³-hybridized carbons (Fsp3) is 0.182. The number of hydrogen-bond donors (Lipinski definition) is 1. The van der Waals surface area contributed by atoms with Gasteiger partial charge in [0.2, 0.25) is 0 Å². The highest BCUT2D eigenvalue weighted by atomic mass is 16.5. The fourth-order valence-electron chi connectivity index (χ4n) is 1.39. The van der Waals surface area contributed by atoms with Gasteiger partial charge in [-0.1, -0.05) is 5.21 Å². The Morgan fingerprint density at radius 2 is 2.35 bits per heavy atom. The number of benzene rings is 1. The first kappa shape index (κ1) is 11.1. The van der Waals surface area contributed by atoms with Gasteiger partial charge >= 0.3 is 5.97 Å². The number of carbonyl (C=O) groups excluding carboxylic acids is 1. The van der Waals surface area contributed by atoms with Gasteiger partial charge in [0.05, 0.1) is 12.6 Å². The monoisotopic (exact) mass is 232 g/mol. The highest BCUT2D eigenvalue weighted by molar-refractivity contribution is 5.83. The summed E-state index contributed by atoms with van der Waals surface area (Å²) in [7, 11) is 3.16. The number of nitrogens with zero attached hydrogens (tertiary/aromatic N) is 3. The predicted octanol–water partition coefficient (Wildman–Crippen LogP) is 1.07. The first-order chi connectivity index (χ1) is 8.20. The van der Waals surface area contributed by atoms with Crippen LogP contribution in [-0.2, 0) is 16.6 Å². The molecule has 0 unspecified atom stereocenters. The van der Waals surface area contributed by atoms with Crippen molar-refractivity contribution < 1.29 is 9.53 Å². The van der Waals surface area contributed by atoms with Crippen molar-refractivity contribution in [3.05, 3.63) is 30.5 Å². The first-order valence-electron chi connectivity index (χ1n) is 5.01. The second-order valence-electron chi connectivity index (χ2n) is 3.42. The molecule has 0 spiro atoms. The standard InChI is InChI=1S/C11H12N4O2/c1-15-10-7-8(3-4-9(10)13-14-15)12-6-5-11(16)17-2/h3-7,12H,1-2H3/b6-5+. The molecule has 0 fully saturated rings. The molecule has 1 heterocycles. The van der Waals surface area contributed by atoms with E-state index in [4.69, 9.17) is 0 Å². The normalized spacial score (nSPS) is 10.9. The van der Waals surface area contributed by atoms with Crippen LogP contribution in [0.3, 0.4) is 0 Å². The van der Waals surface area contributed by atoms with Gasteiger partial charge in [-0.2, -0.15) is 0 Å². The van der Waals surface area contributed by atoms with Gasteiger partial charge in [0.15, 0.2) is 0 Å². The second kappa shape index (κ2) is 4.65. The SMILES string of the molecule is COC(=O)/C=C/Nc1ccc2nnn(C)c2c1. The Bertz CT molecular complexity index is 574. The van der Waals surface area contributed by atoms with Crippen LogP contribution in [-0.4, -0.2) is 28.1 Å². The van der Waals surface area contributed by atoms with E-state index in [1.165, 1.54) is 19.4 Å². The van der Waals surface area contributed by atoms with E-state index in [9.17, 15) is 4.79 Å². The summed E-state index contributed by atoms with van der Waals surface area (Å²) in [6.45, 7) is 0. The molecule has 1 aromatic heterocycles. The third kappa shape index (κ3) is 2.41. The number of rotatable bonds is 3. The van der Waals surface area contributed by atoms with Crippen LogP contribution in [0, 0.1) is 0 Å². The van der Waals surface area contributed by atoms with E-state index < -0.39 is 5.97 Å². The minimum atomic E-state index is -0.402. The number of nitrogens with one attached hydrogen (secondary N) is 1. The minimum absolute atomic E-state index is 0.402. The van der Waals surface area contributed by atoms with Gasteiger partial charge in [0.1, 0.15) is 5.52 Å². The van der Waals surface area contributed by atoms with Crippen molar-refractivity contribution in [3.8, 4) is 0 Å². The number of carbonyl (C=O) groups is 1. The molecule has 0 aliphatic rings. The van der Waals surface area contributed by atoms with Crippen LogP contribution >= 0.6 is 0 Å². The molecule has 0 radical (unpaired) electrons. The number of hydrogen-bond acceptors (Lipinski definition) is 5. The van der Waals surface area contributed by atoms with Crippen molar-refractivity contribution in [2.24, 2.45) is 7.05 Å². The number of fused-ring (bicyclic) bond motifs is 1. The maximum Gasteiger partial charge on any atom is 0.331 e. The van der Waals surface area contributed by atoms with Crippen molar-refractivity contribution in [2.45, 2.75) is 0 Å². The van der Waals surface area contributed by atoms with Crippen molar-refractivity contribution >= 4 is 22.7 Å². The fourth-order valence-corrected chi connectivity index (χ4v) is 1.39. The topological polar surface area (TPSA) is 69.0 Å². The van der Waals surface area contributed by atoms with Gasteiger partial charge < -0.3 is 10.1 Å². The molecule has 1 aromatic carbocycles. The highest BCUT2D eigenvalue weighted by Gasteiger charge is 2.01. The molecule has 0 atom stereocenters. The molecule has 0 amide bonds. The van der Waals surface area contributed by atoms with Crippen LogP contribution in [0.25, 0.3) is 11.0 Å². The van der Waals surface area contributed by atoms with Gasteiger partial charge in [0.25, 0.3) is 0 Å². The average molecular weight is 232 g/mol. The van der Waals surface area contributed by atoms with Gasteiger partial charge in [-0.3, -0.25) is 0 Å². The summed E-state index contributed by atoms with van der Waals surface area (Å²) >= 11 is 0. The molecule has 0 bridgehead atoms. The van der Waals surface area contributed by atoms with Gasteiger partial charge in [0, 0.05) is 25.0 Å². The van der Waals surface area contributed by atoms with Crippen molar-refractivity contribution in [1.82, 2.24) is 15.0 Å². The lowest BCUT2D eigenvalue weighted by Crippen LogP contribution is -1.96. The lowest BCUT2D eigenvalue weighted by atomic mass is 10.3. The third-order valence-corrected chi connectivity index (χ3v) is 2.28. The Hall–Kier alpha value is -2.37. The molecule has 2 aromatic rings. The number of esters is 1. The minimum Gasteiger partial charge on any atom is -0.466 e. The zero-order chi connectivity index (χ0) is 12.3. The number of aryl methyl sites for hydroxylation is 1. The van der Waals surface area contributed by atoms with E-state index in [-0.39, 0.29) is 0 Å². The smallest absolute Gasteiger partial charge is 0.331 e. The number of aromatic nitrogens is 3. The average Bonchev–Trinajstić information content (AvgIpc) is 2.71. The van der Waals surface area contributed by atoms with E-state index >= 15 is 0 Å². The molecule has 6 nitrogen and oxygen atoms in total. The Morgan fingerprint density at radius 3 is 3.12 bits per heavy atom. The van der Waals surface area contributed by atoms with Crippen LogP contribution in [0.4, 0.5) is 5.69 Å². The van der Waals surface area contributed by atoms with Crippen molar-refractivity contribution in [3.63, 3.8) is 0 Å². The number of methoxy groups -OCH3 is 1. The summed E-state index contributed by atoms with van der Waals surface area (Å²) in [6, 6.07) is 5.62. The molecular weight excluding hydrogens is 220 g/mol. The van der Waals surface area contributed by atoms with Crippen molar-refractivity contribution in [2.75, 3.05) is 12.4 Å². The molecule has 2 rings (SSSR count). The summed E-state index contributed by atoms with van der Waals surface area (Å²) in [5.74, 6) is -0.402. The largest absolute Gasteiger partial charge is 0.466 e. The maximum absolute atomic E-state index is 10.9. The van der Waals surface area contributed by atoms with Gasteiger partial charge in [-0.25, -0.2) is 9.48 Å². The molecule has 0 aliphatic carbocycles. The summed E-state index contributed by atoms with van der Waals surface area (Å²) < 4.78 is 6.16. The Morgan fingerprint density at radius 1 is 1.53 bits per heavy atom. The molecule has 0 saturated heterocycles. The van der Waals surface area contributed by atoms with Crippen LogP contribution in [0.2, 0.25) is 0 Å². The number of anilines is 1. The quantitative estimate of drug-likeness (QED) is 0.633. The van der Waals surface area contributed by atoms with Crippen LogP contribution in [0.1, 0.15) is 0 Å². The lowest BCUT2D eigenvalue weighted by molar-refractivity contribution is -0.134. The van der Waals surface area contributed by atoms with E-state index in [0.717, 1.165) is 16.7 Å². The summed E-state index contributed by atoms with van der Waals surface area (Å²) in [6.07, 6.45) is 2.84. The predicted molar refractivity (Wildman–Crippen MR) is 63.3 cm³/mol. The zero-order valence-electron chi connectivity index (χ0n) is 9.54. The van der Waals surface area contributed by atoms with Crippen LogP contribution in [0.15, 0.2) is 30.5 Å². The second-order valence-corrected chi connectivity index (χ2v) is 3.42. The van der Waals surface area contributed by atoms with Crippen molar-refractivity contribution in [1.29, 1.82) is 0 Å². The maximum atomic E-state index is 10.9. The Labute approximate surface area is 97.9 Å². The number of ether oxygens (including phenoxy) is 1. The van der Waals surface area contributed by atoms with Crippen LogP contribution in [0.5, 0.6) is 0 Å². The highest BCUT2D eigenvalue weighted by Crippen LogP contribution is 2.16. The zero-order valence-corrected chi connectivity index (χ0v) is 9.54. The van der Waals surface area contributed by atoms with E-state index in [1.807, 2.05) is 25.2 Å². The summed E-state index contributed by atoms with van der Waals surface area (Å²) in [5, 5.41) is 10.8. The molecular formula is C11H12N4O2. The Kier molecular flexibility index (Phi) is 3.04. The first-order valence-corrected chi connectivity index (χ1v) is 5.01. The molecule has 0 saturated carbocycles. The summed E-state index contributed by atoms with van der Waals surface area (Å²) in [5.41, 5.74) is 2.60. The molecule has 0 aliphatic heterocycles. The van der Waals surface area contributed by atoms with Gasteiger partial charge in [-0.15, -0.1) is 5.10 Å². The van der Waals surface area contributed by atoms with Gasteiger partial charge in [-0.05, 0) is 18.2 Å². The molecule has 6 heteroatoms. The third-order valence-electron chi connectivity index (χ3n) is 2.28. The molecule has 88 valence electrons. The Balaban J connectivity index is 2.16. The van der Waals surface area contributed by atoms with E-state index in [0.29, 0.717) is 0 Å². The summed E-state index contributed by atoms with van der Waals surface area (Å²) in [4.78, 5) is 10.9. The van der Waals surface area contributed by atoms with Crippen LogP contribution < -0.4 is 5.32 Å². The molecule has 17 heavy (non-hydrogen) atoms. The molecule has 1 N–H and O–H groups in total. The lowest BCUT2D eigenvalue weighted by Gasteiger charge is -2.00. The van der Waals surface area contributed by atoms with E-state index in [1.54, 1.807) is 4.68 Å².